The molecule has 8 nitrogen and oxygen atoms in total. The van der Waals surface area contributed by atoms with Crippen molar-refractivity contribution < 1.29 is 24.0 Å². The number of aliphatic carboxylic acids is 1. The van der Waals surface area contributed by atoms with E-state index in [1.54, 1.807) is 24.3 Å². The van der Waals surface area contributed by atoms with Gasteiger partial charge < -0.3 is 14.3 Å². The lowest BCUT2D eigenvalue weighted by atomic mass is 10.1. The average molecular weight is 389 g/mol. The molecule has 1 aliphatic rings. The van der Waals surface area contributed by atoms with Gasteiger partial charge in [-0.05, 0) is 24.3 Å². The summed E-state index contributed by atoms with van der Waals surface area (Å²) >= 11 is 5.97. The fourth-order valence-electron chi connectivity index (χ4n) is 2.23. The molecule has 0 saturated carbocycles. The first-order valence-corrected chi connectivity index (χ1v) is 8.37. The van der Waals surface area contributed by atoms with Gasteiger partial charge in [-0.25, -0.2) is 0 Å². The number of carboxylic acid groups (broad SMARTS) is 1. The third-order valence-electron chi connectivity index (χ3n) is 3.42. The van der Waals surface area contributed by atoms with Crippen LogP contribution in [0.4, 0.5) is 5.69 Å². The number of rotatable bonds is 5. The number of hydrogen-bond donors (Lipinski definition) is 0. The molecular weight excluding hydrogens is 380 g/mol. The fourth-order valence-corrected chi connectivity index (χ4v) is 3.46. The largest absolute Gasteiger partial charge is 0.548 e. The minimum Gasteiger partial charge on any atom is -0.548 e. The number of carbonyl (C=O) groups excluding carboxylic acids is 2. The minimum atomic E-state index is -1.40. The molecule has 10 heteroatoms. The maximum Gasteiger partial charge on any atom is 0.269 e. The van der Waals surface area contributed by atoms with Gasteiger partial charge in [0.2, 0.25) is 0 Å². The summed E-state index contributed by atoms with van der Waals surface area (Å²) < 4.78 is 5.76. The summed E-state index contributed by atoms with van der Waals surface area (Å²) in [6, 6.07) is 9.13. The second-order valence-corrected chi connectivity index (χ2v) is 6.82. The Kier molecular flexibility index (Phi) is 4.87. The Morgan fingerprint density at radius 3 is 2.58 bits per heavy atom. The second kappa shape index (κ2) is 7.10. The number of benzene rings is 1. The monoisotopic (exact) mass is 389 g/mol. The van der Waals surface area contributed by atoms with Crippen LogP contribution in [0.2, 0.25) is 0 Å². The van der Waals surface area contributed by atoms with E-state index >= 15 is 0 Å². The maximum absolute atomic E-state index is 12.2. The van der Waals surface area contributed by atoms with Crippen molar-refractivity contribution in [1.29, 1.82) is 0 Å². The molecule has 1 aromatic carbocycles. The Balaban J connectivity index is 1.81. The van der Waals surface area contributed by atoms with Crippen LogP contribution in [-0.2, 0) is 9.59 Å². The van der Waals surface area contributed by atoms with Gasteiger partial charge in [0.1, 0.15) is 15.8 Å². The highest BCUT2D eigenvalue weighted by atomic mass is 32.2. The van der Waals surface area contributed by atoms with Crippen molar-refractivity contribution in [2.75, 3.05) is 6.54 Å². The van der Waals surface area contributed by atoms with Crippen molar-refractivity contribution in [3.05, 3.63) is 57.2 Å². The molecule has 1 aliphatic heterocycles. The average Bonchev–Trinajstić information content (AvgIpc) is 3.15. The lowest BCUT2D eigenvalue weighted by Crippen LogP contribution is -2.40. The van der Waals surface area contributed by atoms with Crippen LogP contribution in [0.1, 0.15) is 5.76 Å². The van der Waals surface area contributed by atoms with Crippen molar-refractivity contribution in [3.63, 3.8) is 0 Å². The van der Waals surface area contributed by atoms with Crippen LogP contribution in [0.25, 0.3) is 17.4 Å². The van der Waals surface area contributed by atoms with Crippen LogP contribution in [0.15, 0.2) is 45.7 Å². The van der Waals surface area contributed by atoms with E-state index in [0.29, 0.717) is 17.1 Å². The maximum atomic E-state index is 12.2. The van der Waals surface area contributed by atoms with Gasteiger partial charge in [0.25, 0.3) is 11.6 Å². The molecule has 0 aliphatic carbocycles. The lowest BCUT2D eigenvalue weighted by molar-refractivity contribution is -0.384. The van der Waals surface area contributed by atoms with Gasteiger partial charge in [-0.15, -0.1) is 0 Å². The van der Waals surface area contributed by atoms with Crippen LogP contribution in [0.5, 0.6) is 0 Å². The van der Waals surface area contributed by atoms with Crippen LogP contribution in [-0.4, -0.2) is 32.6 Å². The zero-order chi connectivity index (χ0) is 18.8. The number of thiocarbonyl (C=S) groups is 1. The molecule has 2 aromatic rings. The highest BCUT2D eigenvalue weighted by Gasteiger charge is 2.32. The summed E-state index contributed by atoms with van der Waals surface area (Å²) in [5.41, 5.74) is 0.608. The molecule has 26 heavy (non-hydrogen) atoms. The fraction of sp³-hybridized carbons (Fsp3) is 0.0625. The molecule has 132 valence electrons. The second-order valence-electron chi connectivity index (χ2n) is 5.15. The number of amides is 1. The number of furan rings is 1. The zero-order valence-corrected chi connectivity index (χ0v) is 14.5. The highest BCUT2D eigenvalue weighted by Crippen LogP contribution is 2.33. The van der Waals surface area contributed by atoms with Crippen molar-refractivity contribution in [1.82, 2.24) is 4.90 Å². The molecule has 0 radical (unpaired) electrons. The zero-order valence-electron chi connectivity index (χ0n) is 12.9. The molecule has 3 rings (SSSR count). The Bertz CT molecular complexity index is 948. The van der Waals surface area contributed by atoms with Crippen LogP contribution < -0.4 is 5.11 Å². The minimum absolute atomic E-state index is 0.0304. The first kappa shape index (κ1) is 17.8. The van der Waals surface area contributed by atoms with Crippen molar-refractivity contribution in [3.8, 4) is 11.3 Å². The van der Waals surface area contributed by atoms with Gasteiger partial charge in [0.15, 0.2) is 0 Å². The summed E-state index contributed by atoms with van der Waals surface area (Å²) in [7, 11) is 0. The van der Waals surface area contributed by atoms with E-state index in [9.17, 15) is 24.8 Å². The molecule has 0 unspecified atom stereocenters. The van der Waals surface area contributed by atoms with Crippen molar-refractivity contribution in [2.45, 2.75) is 0 Å². The normalized spacial score (nSPS) is 15.7. The van der Waals surface area contributed by atoms with E-state index in [-0.39, 0.29) is 14.9 Å². The van der Waals surface area contributed by atoms with E-state index in [1.165, 1.54) is 18.2 Å². The van der Waals surface area contributed by atoms with E-state index < -0.39 is 23.3 Å². The number of carboxylic acids is 1. The quantitative estimate of drug-likeness (QED) is 0.329. The Hall–Kier alpha value is -2.98. The molecule has 0 N–H and O–H groups in total. The smallest absolute Gasteiger partial charge is 0.269 e. The standard InChI is InChI=1S/C16H10N2O6S2/c19-14(20)8-17-15(21)13(26-16(17)25)7-11-5-6-12(24-11)9-1-3-10(4-2-9)18(22)23/h1-7H,8H2,(H,19,20)/p-1/b13-7-. The number of non-ortho nitro benzene ring substituents is 1. The number of nitro benzene ring substituents is 1. The van der Waals surface area contributed by atoms with Gasteiger partial charge in [-0.3, -0.25) is 19.8 Å². The summed E-state index contributed by atoms with van der Waals surface area (Å²) in [6.45, 7) is -0.603. The molecule has 1 aromatic heterocycles. The first-order chi connectivity index (χ1) is 12.3. The summed E-state index contributed by atoms with van der Waals surface area (Å²) in [5.74, 6) is -1.10. The Morgan fingerprint density at radius 2 is 1.96 bits per heavy atom. The summed E-state index contributed by atoms with van der Waals surface area (Å²) in [6.07, 6.45) is 1.46. The molecule has 0 atom stereocenters. The molecule has 0 spiro atoms. The van der Waals surface area contributed by atoms with Crippen molar-refractivity contribution >= 4 is 51.9 Å². The van der Waals surface area contributed by atoms with Gasteiger partial charge in [-0.2, -0.15) is 0 Å². The number of carbonyl (C=O) groups is 2. The molecule has 2 heterocycles. The molecule has 0 bridgehead atoms. The van der Waals surface area contributed by atoms with E-state index in [4.69, 9.17) is 16.6 Å². The lowest BCUT2D eigenvalue weighted by Gasteiger charge is -2.14. The van der Waals surface area contributed by atoms with Crippen LogP contribution in [0, 0.1) is 10.1 Å². The van der Waals surface area contributed by atoms with E-state index in [1.807, 2.05) is 0 Å². The SMILES string of the molecule is O=C([O-])CN1C(=O)/C(=C/c2ccc(-c3ccc([N+](=O)[O-])cc3)o2)SC1=S. The number of hydrogen-bond acceptors (Lipinski definition) is 8. The van der Waals surface area contributed by atoms with Crippen LogP contribution in [0.3, 0.4) is 0 Å². The third-order valence-corrected chi connectivity index (χ3v) is 4.80. The van der Waals surface area contributed by atoms with Gasteiger partial charge in [0.05, 0.1) is 22.3 Å². The molecule has 1 fully saturated rings. The van der Waals surface area contributed by atoms with E-state index in [0.717, 1.165) is 16.7 Å². The highest BCUT2D eigenvalue weighted by molar-refractivity contribution is 8.26. The molecular formula is C16H9N2O6S2-. The number of thioether (sulfide) groups is 1. The first-order valence-electron chi connectivity index (χ1n) is 7.15. The van der Waals surface area contributed by atoms with Crippen LogP contribution >= 0.6 is 24.0 Å². The summed E-state index contributed by atoms with van der Waals surface area (Å²) in [5, 5.41) is 21.4. The van der Waals surface area contributed by atoms with E-state index in [2.05, 4.69) is 0 Å². The Morgan fingerprint density at radius 1 is 1.27 bits per heavy atom. The van der Waals surface area contributed by atoms with Gasteiger partial charge in [-0.1, -0.05) is 24.0 Å². The van der Waals surface area contributed by atoms with Crippen molar-refractivity contribution in [2.24, 2.45) is 0 Å². The summed E-state index contributed by atoms with van der Waals surface area (Å²) in [4.78, 5) is 34.2. The molecule has 1 amide bonds. The third kappa shape index (κ3) is 3.65. The van der Waals surface area contributed by atoms with Gasteiger partial charge in [0, 0.05) is 23.8 Å². The predicted octanol–water partition coefficient (Wildman–Crippen LogP) is 1.81. The number of nitro groups is 1. The van der Waals surface area contributed by atoms with Gasteiger partial charge >= 0.3 is 0 Å². The predicted molar refractivity (Wildman–Crippen MR) is 95.7 cm³/mol. The Labute approximate surface area is 156 Å². The number of nitrogens with zero attached hydrogens (tertiary/aromatic N) is 2. The molecule has 1 saturated heterocycles. The topological polar surface area (TPSA) is 117 Å².